The van der Waals surface area contributed by atoms with Gasteiger partial charge in [0, 0.05) is 20.2 Å². The molecule has 9 heteroatoms. The zero-order valence-corrected chi connectivity index (χ0v) is 16.5. The van der Waals surface area contributed by atoms with Gasteiger partial charge in [-0.1, -0.05) is 11.3 Å². The van der Waals surface area contributed by atoms with E-state index >= 15 is 0 Å². The van der Waals surface area contributed by atoms with Crippen LogP contribution in [0.25, 0.3) is 0 Å². The Kier molecular flexibility index (Phi) is 4.26. The molecule has 0 aromatic carbocycles. The molecule has 0 spiro atoms. The second-order valence-corrected chi connectivity index (χ2v) is 8.74. The fourth-order valence-corrected chi connectivity index (χ4v) is 5.01. The van der Waals surface area contributed by atoms with E-state index in [0.29, 0.717) is 30.0 Å². The standard InChI is InChI=1S/C19H22N4O4S/c1-25-19-10-18(11-19,12-19)16(24)22-14-2-3-15(28-14)27-13-8-20-17(21-9-13)23-4-6-26-7-5-23/h2-3,8-9H,4-7,10-12H2,1H3,(H,22,24). The van der Waals surface area contributed by atoms with E-state index in [9.17, 15) is 4.79 Å². The Morgan fingerprint density at radius 1 is 1.21 bits per heavy atom. The van der Waals surface area contributed by atoms with Crippen LogP contribution in [0.4, 0.5) is 10.9 Å². The molecule has 1 aliphatic heterocycles. The first kappa shape index (κ1) is 17.8. The molecular weight excluding hydrogens is 380 g/mol. The summed E-state index contributed by atoms with van der Waals surface area (Å²) >= 11 is 1.39. The van der Waals surface area contributed by atoms with Crippen LogP contribution in [-0.4, -0.2) is 54.9 Å². The van der Waals surface area contributed by atoms with Crippen LogP contribution in [0.2, 0.25) is 0 Å². The molecule has 1 saturated heterocycles. The number of amides is 1. The van der Waals surface area contributed by atoms with Crippen molar-refractivity contribution in [3.63, 3.8) is 0 Å². The minimum atomic E-state index is -0.232. The highest BCUT2D eigenvalue weighted by Crippen LogP contribution is 2.69. The predicted molar refractivity (Wildman–Crippen MR) is 104 cm³/mol. The van der Waals surface area contributed by atoms with Gasteiger partial charge in [0.05, 0.1) is 41.6 Å². The predicted octanol–water partition coefficient (Wildman–Crippen LogP) is 2.67. The number of nitrogens with zero attached hydrogens (tertiary/aromatic N) is 3. The fourth-order valence-electron chi connectivity index (χ4n) is 4.24. The zero-order valence-electron chi connectivity index (χ0n) is 15.6. The van der Waals surface area contributed by atoms with Gasteiger partial charge in [0.15, 0.2) is 10.8 Å². The Labute approximate surface area is 166 Å². The summed E-state index contributed by atoms with van der Waals surface area (Å²) in [4.78, 5) is 23.4. The quantitative estimate of drug-likeness (QED) is 0.795. The summed E-state index contributed by atoms with van der Waals surface area (Å²) in [6.07, 6.45) is 5.81. The Hall–Kier alpha value is -2.23. The number of nitrogens with one attached hydrogen (secondary N) is 1. The molecule has 6 rings (SSSR count). The third-order valence-corrected chi connectivity index (χ3v) is 6.72. The third-order valence-electron chi connectivity index (χ3n) is 5.84. The average Bonchev–Trinajstić information content (AvgIpc) is 3.08. The lowest BCUT2D eigenvalue weighted by Gasteiger charge is -2.67. The number of morpholine rings is 1. The van der Waals surface area contributed by atoms with Crippen molar-refractivity contribution >= 4 is 28.2 Å². The fraction of sp³-hybridized carbons (Fsp3) is 0.526. The monoisotopic (exact) mass is 402 g/mol. The molecule has 3 heterocycles. The molecule has 2 aromatic rings. The summed E-state index contributed by atoms with van der Waals surface area (Å²) in [6.45, 7) is 2.97. The Bertz CT molecular complexity index is 859. The highest BCUT2D eigenvalue weighted by atomic mass is 32.1. The van der Waals surface area contributed by atoms with Gasteiger partial charge in [0.2, 0.25) is 11.9 Å². The van der Waals surface area contributed by atoms with Crippen LogP contribution in [0.5, 0.6) is 10.8 Å². The van der Waals surface area contributed by atoms with Gasteiger partial charge in [0.25, 0.3) is 0 Å². The number of hydrogen-bond donors (Lipinski definition) is 1. The van der Waals surface area contributed by atoms with Gasteiger partial charge in [-0.25, -0.2) is 9.97 Å². The third kappa shape index (κ3) is 3.03. The van der Waals surface area contributed by atoms with Crippen molar-refractivity contribution in [3.8, 4) is 10.8 Å². The smallest absolute Gasteiger partial charge is 0.231 e. The summed E-state index contributed by atoms with van der Waals surface area (Å²) in [5, 5.41) is 4.48. The summed E-state index contributed by atoms with van der Waals surface area (Å²) in [6, 6.07) is 3.70. The maximum atomic E-state index is 12.5. The molecule has 2 bridgehead atoms. The second-order valence-electron chi connectivity index (χ2n) is 7.69. The lowest BCUT2D eigenvalue weighted by Crippen LogP contribution is -2.72. The first-order valence-electron chi connectivity index (χ1n) is 9.39. The van der Waals surface area contributed by atoms with E-state index in [1.807, 2.05) is 12.1 Å². The van der Waals surface area contributed by atoms with E-state index in [0.717, 1.165) is 37.4 Å². The van der Waals surface area contributed by atoms with E-state index in [1.165, 1.54) is 11.3 Å². The molecule has 2 aromatic heterocycles. The molecule has 3 aliphatic carbocycles. The molecule has 1 amide bonds. The van der Waals surface area contributed by atoms with Crippen LogP contribution in [0.1, 0.15) is 19.3 Å². The van der Waals surface area contributed by atoms with Crippen LogP contribution in [-0.2, 0) is 14.3 Å². The lowest BCUT2D eigenvalue weighted by atomic mass is 9.41. The average molecular weight is 402 g/mol. The maximum absolute atomic E-state index is 12.5. The molecule has 148 valence electrons. The van der Waals surface area contributed by atoms with Crippen molar-refractivity contribution in [2.75, 3.05) is 43.6 Å². The van der Waals surface area contributed by atoms with Gasteiger partial charge < -0.3 is 24.4 Å². The number of hydrogen-bond acceptors (Lipinski definition) is 8. The topological polar surface area (TPSA) is 85.8 Å². The van der Waals surface area contributed by atoms with Gasteiger partial charge in [-0.3, -0.25) is 4.79 Å². The number of rotatable bonds is 6. The molecular formula is C19H22N4O4S. The van der Waals surface area contributed by atoms with Crippen molar-refractivity contribution < 1.29 is 19.0 Å². The zero-order chi connectivity index (χ0) is 19.2. The summed E-state index contributed by atoms with van der Waals surface area (Å²) < 4.78 is 16.6. The number of anilines is 2. The van der Waals surface area contributed by atoms with Gasteiger partial charge >= 0.3 is 0 Å². The van der Waals surface area contributed by atoms with Crippen molar-refractivity contribution in [2.45, 2.75) is 24.9 Å². The normalized spacial score (nSPS) is 28.2. The first-order valence-corrected chi connectivity index (χ1v) is 10.2. The largest absolute Gasteiger partial charge is 0.443 e. The SMILES string of the molecule is COC12CC(C(=O)Nc3ccc(Oc4cnc(N5CCOCC5)nc4)s3)(C1)C2. The Balaban J connectivity index is 1.17. The minimum absolute atomic E-state index is 0.0333. The van der Waals surface area contributed by atoms with Crippen LogP contribution < -0.4 is 15.0 Å². The summed E-state index contributed by atoms with van der Waals surface area (Å²) in [5.74, 6) is 1.33. The highest BCUT2D eigenvalue weighted by Gasteiger charge is 2.72. The molecule has 28 heavy (non-hydrogen) atoms. The number of ether oxygens (including phenoxy) is 3. The Morgan fingerprint density at radius 3 is 2.61 bits per heavy atom. The first-order chi connectivity index (χ1) is 13.6. The summed E-state index contributed by atoms with van der Waals surface area (Å²) in [7, 11) is 1.72. The second kappa shape index (κ2) is 6.68. The number of aromatic nitrogens is 2. The Morgan fingerprint density at radius 2 is 1.93 bits per heavy atom. The van der Waals surface area contributed by atoms with E-state index in [4.69, 9.17) is 14.2 Å². The van der Waals surface area contributed by atoms with Crippen molar-refractivity contribution in [3.05, 3.63) is 24.5 Å². The van der Waals surface area contributed by atoms with Gasteiger partial charge in [-0.15, -0.1) is 0 Å². The van der Waals surface area contributed by atoms with Crippen molar-refractivity contribution in [1.29, 1.82) is 0 Å². The number of carbonyl (C=O) groups is 1. The molecule has 8 nitrogen and oxygen atoms in total. The van der Waals surface area contributed by atoms with Crippen LogP contribution in [0, 0.1) is 5.41 Å². The van der Waals surface area contributed by atoms with Crippen molar-refractivity contribution in [1.82, 2.24) is 9.97 Å². The lowest BCUT2D eigenvalue weighted by molar-refractivity contribution is -0.260. The van der Waals surface area contributed by atoms with Crippen LogP contribution in [0.15, 0.2) is 24.5 Å². The van der Waals surface area contributed by atoms with Crippen molar-refractivity contribution in [2.24, 2.45) is 5.41 Å². The maximum Gasteiger partial charge on any atom is 0.231 e. The molecule has 0 radical (unpaired) electrons. The van der Waals surface area contributed by atoms with E-state index in [-0.39, 0.29) is 16.9 Å². The molecule has 1 N–H and O–H groups in total. The molecule has 4 fully saturated rings. The van der Waals surface area contributed by atoms with Gasteiger partial charge in [-0.2, -0.15) is 0 Å². The highest BCUT2D eigenvalue weighted by molar-refractivity contribution is 7.18. The van der Waals surface area contributed by atoms with E-state index in [2.05, 4.69) is 20.2 Å². The molecule has 3 saturated carbocycles. The van der Waals surface area contributed by atoms with Gasteiger partial charge in [0.1, 0.15) is 0 Å². The number of carbonyl (C=O) groups excluding carboxylic acids is 1. The number of methoxy groups -OCH3 is 1. The number of thiophene rings is 1. The van der Waals surface area contributed by atoms with Gasteiger partial charge in [-0.05, 0) is 31.4 Å². The molecule has 0 atom stereocenters. The molecule has 0 unspecified atom stereocenters. The summed E-state index contributed by atoms with van der Waals surface area (Å²) in [5.41, 5.74) is -0.265. The van der Waals surface area contributed by atoms with E-state index in [1.54, 1.807) is 19.5 Å². The minimum Gasteiger partial charge on any atom is -0.443 e. The van der Waals surface area contributed by atoms with Crippen LogP contribution >= 0.6 is 11.3 Å². The van der Waals surface area contributed by atoms with Crippen LogP contribution in [0.3, 0.4) is 0 Å². The van der Waals surface area contributed by atoms with E-state index < -0.39 is 0 Å². The molecule has 4 aliphatic rings.